The fourth-order valence-corrected chi connectivity index (χ4v) is 2.71. The first-order valence-electron chi connectivity index (χ1n) is 8.46. The highest BCUT2D eigenvalue weighted by Crippen LogP contribution is 2.30. The molecule has 0 unspecified atom stereocenters. The van der Waals surface area contributed by atoms with Crippen LogP contribution in [0.4, 0.5) is 16.0 Å². The largest absolute Gasteiger partial charge is 0.438 e. The van der Waals surface area contributed by atoms with Gasteiger partial charge in [-0.2, -0.15) is 14.6 Å². The molecule has 0 fully saturated rings. The Kier molecular flexibility index (Phi) is 5.51. The molecule has 0 saturated carbocycles. The van der Waals surface area contributed by atoms with Gasteiger partial charge < -0.3 is 15.8 Å². The van der Waals surface area contributed by atoms with Gasteiger partial charge in [-0.05, 0) is 73.0 Å². The van der Waals surface area contributed by atoms with Crippen LogP contribution >= 0.6 is 0 Å². The Morgan fingerprint density at radius 1 is 1.18 bits per heavy atom. The van der Waals surface area contributed by atoms with E-state index in [1.54, 1.807) is 48.7 Å². The van der Waals surface area contributed by atoms with Gasteiger partial charge in [0.15, 0.2) is 5.95 Å². The van der Waals surface area contributed by atoms with Gasteiger partial charge >= 0.3 is 0 Å². The molecule has 0 aliphatic heterocycles. The minimum Gasteiger partial charge on any atom is -0.438 e. The van der Waals surface area contributed by atoms with Crippen molar-refractivity contribution in [2.75, 3.05) is 5.32 Å². The molecule has 3 N–H and O–H groups in total. The van der Waals surface area contributed by atoms with Crippen molar-refractivity contribution in [1.29, 1.82) is 5.26 Å². The molecule has 0 radical (unpaired) electrons. The van der Waals surface area contributed by atoms with Crippen LogP contribution in [0.15, 0.2) is 54.6 Å². The summed E-state index contributed by atoms with van der Waals surface area (Å²) in [4.78, 5) is 8.54. The van der Waals surface area contributed by atoms with E-state index in [0.717, 1.165) is 16.8 Å². The summed E-state index contributed by atoms with van der Waals surface area (Å²) in [5.41, 5.74) is 8.74. The van der Waals surface area contributed by atoms with Crippen molar-refractivity contribution in [3.8, 4) is 17.7 Å². The van der Waals surface area contributed by atoms with Crippen molar-refractivity contribution in [1.82, 2.24) is 9.97 Å². The lowest BCUT2D eigenvalue weighted by molar-refractivity contribution is 0.455. The Morgan fingerprint density at radius 3 is 2.46 bits per heavy atom. The smallest absolute Gasteiger partial charge is 0.230 e. The molecule has 7 heteroatoms. The normalized spacial score (nSPS) is 11.0. The van der Waals surface area contributed by atoms with Crippen LogP contribution in [-0.4, -0.2) is 9.97 Å². The van der Waals surface area contributed by atoms with Crippen LogP contribution in [0.2, 0.25) is 0 Å². The van der Waals surface area contributed by atoms with Gasteiger partial charge in [0.1, 0.15) is 5.75 Å². The summed E-state index contributed by atoms with van der Waals surface area (Å²) in [6.45, 7) is 3.73. The van der Waals surface area contributed by atoms with E-state index in [9.17, 15) is 4.39 Å². The first-order valence-corrected chi connectivity index (χ1v) is 8.46. The highest BCUT2D eigenvalue weighted by atomic mass is 19.1. The highest BCUT2D eigenvalue weighted by molar-refractivity contribution is 5.58. The van der Waals surface area contributed by atoms with Crippen molar-refractivity contribution in [3.05, 3.63) is 76.9 Å². The van der Waals surface area contributed by atoms with E-state index in [1.165, 1.54) is 6.08 Å². The monoisotopic (exact) mass is 375 g/mol. The molecular formula is C21H18FN5O. The average Bonchev–Trinajstić information content (AvgIpc) is 2.65. The van der Waals surface area contributed by atoms with Crippen molar-refractivity contribution >= 4 is 17.7 Å². The molecule has 1 aromatic heterocycles. The molecule has 0 bridgehead atoms. The van der Waals surface area contributed by atoms with Crippen molar-refractivity contribution in [2.45, 2.75) is 13.8 Å². The molecule has 6 nitrogen and oxygen atoms in total. The Balaban J connectivity index is 1.81. The predicted molar refractivity (Wildman–Crippen MR) is 106 cm³/mol. The number of nitriles is 1. The molecule has 3 rings (SSSR count). The number of nitrogens with two attached hydrogens (primary N) is 1. The zero-order valence-corrected chi connectivity index (χ0v) is 15.4. The Morgan fingerprint density at radius 2 is 1.86 bits per heavy atom. The Labute approximate surface area is 162 Å². The summed E-state index contributed by atoms with van der Waals surface area (Å²) in [6, 6.07) is 14.2. The number of hydrogen-bond acceptors (Lipinski definition) is 6. The molecule has 0 amide bonds. The number of ether oxygens (including phenoxy) is 1. The molecule has 0 spiro atoms. The minimum atomic E-state index is -0.748. The van der Waals surface area contributed by atoms with E-state index < -0.39 is 5.95 Å². The minimum absolute atomic E-state index is 0.363. The number of nitrogens with zero attached hydrogens (tertiary/aromatic N) is 3. The molecule has 0 aliphatic rings. The van der Waals surface area contributed by atoms with Gasteiger partial charge in [0.05, 0.1) is 11.6 Å². The van der Waals surface area contributed by atoms with Gasteiger partial charge in [-0.25, -0.2) is 4.98 Å². The Bertz CT molecular complexity index is 1040. The lowest BCUT2D eigenvalue weighted by atomic mass is 10.1. The first kappa shape index (κ1) is 18.9. The number of hydrogen-bond donors (Lipinski definition) is 2. The van der Waals surface area contributed by atoms with Crippen LogP contribution in [0.5, 0.6) is 11.6 Å². The van der Waals surface area contributed by atoms with Crippen LogP contribution in [0.3, 0.4) is 0 Å². The second-order valence-corrected chi connectivity index (χ2v) is 6.15. The molecule has 2 aromatic carbocycles. The van der Waals surface area contributed by atoms with Crippen LogP contribution in [-0.2, 0) is 0 Å². The fourth-order valence-electron chi connectivity index (χ4n) is 2.71. The lowest BCUT2D eigenvalue weighted by Crippen LogP contribution is -2.00. The lowest BCUT2D eigenvalue weighted by Gasteiger charge is -2.13. The summed E-state index contributed by atoms with van der Waals surface area (Å²) >= 11 is 0. The summed E-state index contributed by atoms with van der Waals surface area (Å²) in [5.74, 6) is 0.618. The predicted octanol–water partition coefficient (Wildman–Crippen LogP) is 4.73. The third-order valence-electron chi connectivity index (χ3n) is 3.89. The van der Waals surface area contributed by atoms with Gasteiger partial charge in [-0.1, -0.05) is 0 Å². The molecule has 0 saturated heterocycles. The van der Waals surface area contributed by atoms with Crippen LogP contribution < -0.4 is 15.8 Å². The topological polar surface area (TPSA) is 96.9 Å². The van der Waals surface area contributed by atoms with Gasteiger partial charge in [0, 0.05) is 18.0 Å². The molecule has 140 valence electrons. The van der Waals surface area contributed by atoms with Gasteiger partial charge in [-0.3, -0.25) is 0 Å². The maximum Gasteiger partial charge on any atom is 0.230 e. The van der Waals surface area contributed by atoms with Gasteiger partial charge in [0.25, 0.3) is 0 Å². The quantitative estimate of drug-likeness (QED) is 0.626. The maximum atomic E-state index is 12.9. The van der Waals surface area contributed by atoms with Crippen molar-refractivity contribution < 1.29 is 9.13 Å². The molecular weight excluding hydrogens is 357 g/mol. The number of halogens is 1. The average molecular weight is 375 g/mol. The summed E-state index contributed by atoms with van der Waals surface area (Å²) in [5, 5.41) is 11.9. The van der Waals surface area contributed by atoms with Gasteiger partial charge in [0.2, 0.25) is 11.8 Å². The van der Waals surface area contributed by atoms with E-state index in [-0.39, 0.29) is 0 Å². The molecule has 28 heavy (non-hydrogen) atoms. The fraction of sp³-hybridized carbons (Fsp3) is 0.0952. The summed E-state index contributed by atoms with van der Waals surface area (Å²) in [6.07, 6.45) is 2.84. The van der Waals surface area contributed by atoms with E-state index in [0.29, 0.717) is 28.7 Å². The summed E-state index contributed by atoms with van der Waals surface area (Å²) < 4.78 is 18.9. The van der Waals surface area contributed by atoms with Crippen molar-refractivity contribution in [2.24, 2.45) is 5.73 Å². The van der Waals surface area contributed by atoms with E-state index in [2.05, 4.69) is 21.4 Å². The third kappa shape index (κ3) is 4.62. The zero-order valence-electron chi connectivity index (χ0n) is 15.4. The maximum absolute atomic E-state index is 12.9. The second kappa shape index (κ2) is 8.18. The van der Waals surface area contributed by atoms with Crippen LogP contribution in [0.25, 0.3) is 6.08 Å². The SMILES string of the molecule is Cc1cc(/C=C(\N)F)cc(C)c1Oc1ccnc(Nc2ccc(C#N)cc2)n1. The molecule has 0 aliphatic carbocycles. The van der Waals surface area contributed by atoms with Crippen molar-refractivity contribution in [3.63, 3.8) is 0 Å². The van der Waals surface area contributed by atoms with E-state index in [4.69, 9.17) is 15.7 Å². The first-order chi connectivity index (χ1) is 13.4. The molecule has 3 aromatic rings. The molecule has 1 heterocycles. The van der Waals surface area contributed by atoms with Crippen LogP contribution in [0.1, 0.15) is 22.3 Å². The number of aromatic nitrogens is 2. The number of aryl methyl sites for hydroxylation is 2. The number of anilines is 2. The van der Waals surface area contributed by atoms with E-state index in [1.807, 2.05) is 13.8 Å². The number of nitrogens with one attached hydrogen (secondary N) is 1. The summed E-state index contributed by atoms with van der Waals surface area (Å²) in [7, 11) is 0. The second-order valence-electron chi connectivity index (χ2n) is 6.15. The highest BCUT2D eigenvalue weighted by Gasteiger charge is 2.09. The standard InChI is InChI=1S/C21H18FN5O/c1-13-9-16(11-18(22)24)10-14(2)20(13)28-19-7-8-25-21(27-19)26-17-5-3-15(12-23)4-6-17/h3-11H,24H2,1-2H3,(H,25,26,27)/b18-11-. The van der Waals surface area contributed by atoms with Gasteiger partial charge in [-0.15, -0.1) is 0 Å². The number of rotatable bonds is 5. The van der Waals surface area contributed by atoms with Crippen LogP contribution in [0, 0.1) is 25.2 Å². The Hall–Kier alpha value is -3.92. The van der Waals surface area contributed by atoms with E-state index >= 15 is 0 Å². The third-order valence-corrected chi connectivity index (χ3v) is 3.89. The molecule has 0 atom stereocenters. The zero-order chi connectivity index (χ0) is 20.1. The number of benzene rings is 2.